The molecule has 104 valence electrons. The summed E-state index contributed by atoms with van der Waals surface area (Å²) < 4.78 is 5.13. The topological polar surface area (TPSA) is 49.8 Å². The first-order chi connectivity index (χ1) is 9.52. The standard InChI is InChI=1S/C15H14ClNO3/c1-17(11-4-3-5-12(9-11)20-2)15(19)13-7-6-10(16)8-14(13)18/h3-9,18H,1-2H3. The number of aromatic hydroxyl groups is 1. The number of phenols is 1. The fraction of sp³-hybridized carbons (Fsp3) is 0.133. The maximum atomic E-state index is 12.4. The van der Waals surface area contributed by atoms with Gasteiger partial charge < -0.3 is 14.7 Å². The number of halogens is 1. The van der Waals surface area contributed by atoms with Gasteiger partial charge in [-0.2, -0.15) is 0 Å². The number of nitrogens with zero attached hydrogens (tertiary/aromatic N) is 1. The quantitative estimate of drug-likeness (QED) is 0.943. The van der Waals surface area contributed by atoms with Crippen LogP contribution in [0.2, 0.25) is 5.02 Å². The van der Waals surface area contributed by atoms with Crippen molar-refractivity contribution in [3.63, 3.8) is 0 Å². The zero-order chi connectivity index (χ0) is 14.7. The van der Waals surface area contributed by atoms with Crippen molar-refractivity contribution in [3.8, 4) is 11.5 Å². The molecule has 0 spiro atoms. The number of hydrogen-bond donors (Lipinski definition) is 1. The molecule has 20 heavy (non-hydrogen) atoms. The van der Waals surface area contributed by atoms with E-state index in [4.69, 9.17) is 16.3 Å². The maximum Gasteiger partial charge on any atom is 0.261 e. The van der Waals surface area contributed by atoms with Crippen molar-refractivity contribution in [1.29, 1.82) is 0 Å². The molecule has 1 N–H and O–H groups in total. The van der Waals surface area contributed by atoms with Crippen LogP contribution in [0.25, 0.3) is 0 Å². The van der Waals surface area contributed by atoms with Gasteiger partial charge in [0.1, 0.15) is 11.5 Å². The highest BCUT2D eigenvalue weighted by molar-refractivity contribution is 6.31. The second-order valence-electron chi connectivity index (χ2n) is 4.23. The molecule has 0 unspecified atom stereocenters. The number of phenolic OH excluding ortho intramolecular Hbond substituents is 1. The van der Waals surface area contributed by atoms with E-state index in [1.807, 2.05) is 0 Å². The van der Waals surface area contributed by atoms with Gasteiger partial charge in [0.2, 0.25) is 0 Å². The number of ether oxygens (including phenoxy) is 1. The first kappa shape index (κ1) is 14.2. The van der Waals surface area contributed by atoms with E-state index < -0.39 is 0 Å². The van der Waals surface area contributed by atoms with Gasteiger partial charge in [-0.1, -0.05) is 17.7 Å². The van der Waals surface area contributed by atoms with Crippen molar-refractivity contribution in [1.82, 2.24) is 0 Å². The largest absolute Gasteiger partial charge is 0.507 e. The summed E-state index contributed by atoms with van der Waals surface area (Å²) in [7, 11) is 3.19. The normalized spacial score (nSPS) is 10.2. The Morgan fingerprint density at radius 2 is 2.00 bits per heavy atom. The minimum absolute atomic E-state index is 0.141. The molecule has 0 fully saturated rings. The summed E-state index contributed by atoms with van der Waals surface area (Å²) in [4.78, 5) is 13.8. The van der Waals surface area contributed by atoms with Crippen molar-refractivity contribution in [2.45, 2.75) is 0 Å². The van der Waals surface area contributed by atoms with Crippen LogP contribution in [-0.2, 0) is 0 Å². The fourth-order valence-corrected chi connectivity index (χ4v) is 1.97. The summed E-state index contributed by atoms with van der Waals surface area (Å²) in [6, 6.07) is 11.5. The Hall–Kier alpha value is -2.20. The lowest BCUT2D eigenvalue weighted by Gasteiger charge is -2.18. The zero-order valence-corrected chi connectivity index (χ0v) is 11.9. The Morgan fingerprint density at radius 3 is 2.65 bits per heavy atom. The SMILES string of the molecule is COc1cccc(N(C)C(=O)c2ccc(Cl)cc2O)c1. The van der Waals surface area contributed by atoms with Gasteiger partial charge in [-0.05, 0) is 30.3 Å². The van der Waals surface area contributed by atoms with Gasteiger partial charge in [0.25, 0.3) is 5.91 Å². The van der Waals surface area contributed by atoms with E-state index in [-0.39, 0.29) is 17.2 Å². The third-order valence-corrected chi connectivity index (χ3v) is 3.17. The third kappa shape index (κ3) is 2.86. The van der Waals surface area contributed by atoms with Crippen LogP contribution < -0.4 is 9.64 Å². The number of carbonyl (C=O) groups excluding carboxylic acids is 1. The average Bonchev–Trinajstić information content (AvgIpc) is 2.46. The van der Waals surface area contributed by atoms with Gasteiger partial charge in [0.15, 0.2) is 0 Å². The Labute approximate surface area is 122 Å². The Balaban J connectivity index is 2.32. The molecule has 0 radical (unpaired) electrons. The minimum atomic E-state index is -0.326. The molecule has 2 aromatic rings. The lowest BCUT2D eigenvalue weighted by Crippen LogP contribution is -2.26. The van der Waals surface area contributed by atoms with Crippen molar-refractivity contribution in [2.75, 3.05) is 19.1 Å². The predicted molar refractivity (Wildman–Crippen MR) is 78.8 cm³/mol. The molecule has 0 atom stereocenters. The van der Waals surface area contributed by atoms with Crippen LogP contribution in [0.4, 0.5) is 5.69 Å². The molecular formula is C15H14ClNO3. The van der Waals surface area contributed by atoms with Gasteiger partial charge in [0.05, 0.1) is 12.7 Å². The zero-order valence-electron chi connectivity index (χ0n) is 11.1. The highest BCUT2D eigenvalue weighted by atomic mass is 35.5. The molecule has 2 aromatic carbocycles. The number of benzene rings is 2. The summed E-state index contributed by atoms with van der Waals surface area (Å²) in [5.74, 6) is 0.187. The first-order valence-corrected chi connectivity index (χ1v) is 6.31. The monoisotopic (exact) mass is 291 g/mol. The van der Waals surface area contributed by atoms with Crippen molar-refractivity contribution in [3.05, 3.63) is 53.1 Å². The molecule has 1 amide bonds. The number of carbonyl (C=O) groups is 1. The van der Waals surface area contributed by atoms with E-state index in [0.29, 0.717) is 16.5 Å². The first-order valence-electron chi connectivity index (χ1n) is 5.93. The molecule has 0 aromatic heterocycles. The lowest BCUT2D eigenvalue weighted by molar-refractivity contribution is 0.0990. The van der Waals surface area contributed by atoms with E-state index in [2.05, 4.69) is 0 Å². The highest BCUT2D eigenvalue weighted by Gasteiger charge is 2.17. The second-order valence-corrected chi connectivity index (χ2v) is 4.66. The summed E-state index contributed by atoms with van der Waals surface area (Å²) in [6.45, 7) is 0. The van der Waals surface area contributed by atoms with Gasteiger partial charge in [-0.15, -0.1) is 0 Å². The van der Waals surface area contributed by atoms with Crippen molar-refractivity contribution in [2.24, 2.45) is 0 Å². The molecule has 0 bridgehead atoms. The van der Waals surface area contributed by atoms with Crippen LogP contribution in [0.15, 0.2) is 42.5 Å². The van der Waals surface area contributed by atoms with Gasteiger partial charge >= 0.3 is 0 Å². The molecule has 0 saturated heterocycles. The summed E-state index contributed by atoms with van der Waals surface area (Å²) in [5.41, 5.74) is 0.864. The number of amides is 1. The molecule has 0 aliphatic rings. The fourth-order valence-electron chi connectivity index (χ4n) is 1.80. The van der Waals surface area contributed by atoms with Gasteiger partial charge in [0, 0.05) is 23.8 Å². The average molecular weight is 292 g/mol. The van der Waals surface area contributed by atoms with Gasteiger partial charge in [-0.25, -0.2) is 0 Å². The van der Waals surface area contributed by atoms with Crippen LogP contribution in [-0.4, -0.2) is 25.2 Å². The summed E-state index contributed by atoms with van der Waals surface area (Å²) >= 11 is 5.76. The summed E-state index contributed by atoms with van der Waals surface area (Å²) in [6.07, 6.45) is 0. The molecule has 4 nitrogen and oxygen atoms in total. The van der Waals surface area contributed by atoms with E-state index in [9.17, 15) is 9.90 Å². The van der Waals surface area contributed by atoms with Crippen LogP contribution in [0, 0.1) is 0 Å². The Kier molecular flexibility index (Phi) is 4.15. The Morgan fingerprint density at radius 1 is 1.25 bits per heavy atom. The molecule has 0 heterocycles. The summed E-state index contributed by atoms with van der Waals surface area (Å²) in [5, 5.41) is 10.2. The highest BCUT2D eigenvalue weighted by Crippen LogP contribution is 2.26. The van der Waals surface area contributed by atoms with E-state index >= 15 is 0 Å². The third-order valence-electron chi connectivity index (χ3n) is 2.94. The van der Waals surface area contributed by atoms with Crippen LogP contribution >= 0.6 is 11.6 Å². The van der Waals surface area contributed by atoms with E-state index in [0.717, 1.165) is 0 Å². The predicted octanol–water partition coefficient (Wildman–Crippen LogP) is 3.33. The molecule has 0 aliphatic heterocycles. The van der Waals surface area contributed by atoms with Crippen LogP contribution in [0.1, 0.15) is 10.4 Å². The molecular weight excluding hydrogens is 278 g/mol. The second kappa shape index (κ2) is 5.84. The smallest absolute Gasteiger partial charge is 0.261 e. The maximum absolute atomic E-state index is 12.4. The number of anilines is 1. The van der Waals surface area contributed by atoms with Crippen LogP contribution in [0.5, 0.6) is 11.5 Å². The van der Waals surface area contributed by atoms with E-state index in [1.165, 1.54) is 17.0 Å². The van der Waals surface area contributed by atoms with Crippen molar-refractivity contribution < 1.29 is 14.6 Å². The molecule has 0 saturated carbocycles. The Bertz CT molecular complexity index is 643. The number of rotatable bonds is 3. The number of hydrogen-bond acceptors (Lipinski definition) is 3. The van der Waals surface area contributed by atoms with Crippen LogP contribution in [0.3, 0.4) is 0 Å². The molecule has 2 rings (SSSR count). The van der Waals surface area contributed by atoms with E-state index in [1.54, 1.807) is 44.5 Å². The van der Waals surface area contributed by atoms with Gasteiger partial charge in [-0.3, -0.25) is 4.79 Å². The molecule has 0 aliphatic carbocycles. The lowest BCUT2D eigenvalue weighted by atomic mass is 10.1. The number of methoxy groups -OCH3 is 1. The van der Waals surface area contributed by atoms with Crippen molar-refractivity contribution >= 4 is 23.2 Å². The minimum Gasteiger partial charge on any atom is -0.507 e. The molecule has 5 heteroatoms.